The van der Waals surface area contributed by atoms with Gasteiger partial charge in [0.2, 0.25) is 5.91 Å². The van der Waals surface area contributed by atoms with Crippen LogP contribution in [0.1, 0.15) is 47.6 Å². The summed E-state index contributed by atoms with van der Waals surface area (Å²) in [5.74, 6) is 1.61. The molecule has 1 aromatic carbocycles. The first-order valence-electron chi connectivity index (χ1n) is 15.9. The van der Waals surface area contributed by atoms with Gasteiger partial charge in [0.25, 0.3) is 5.91 Å². The lowest BCUT2D eigenvalue weighted by Crippen LogP contribution is -2.50. The molecule has 2 saturated carbocycles. The molecule has 2 fully saturated rings. The Kier molecular flexibility index (Phi) is 10.4. The number of nitrogens with zero attached hydrogens (tertiary/aromatic N) is 4. The number of rotatable bonds is 16. The highest BCUT2D eigenvalue weighted by Crippen LogP contribution is 2.51. The number of carbonyl (C=O) groups is 2. The van der Waals surface area contributed by atoms with Crippen molar-refractivity contribution < 1.29 is 14.3 Å². The number of carbonyl (C=O) groups excluding carboxylic acids is 2. The van der Waals surface area contributed by atoms with Gasteiger partial charge in [-0.2, -0.15) is 22.0 Å². The molecular weight excluding hydrogens is 589 g/mol. The van der Waals surface area contributed by atoms with Gasteiger partial charge in [-0.25, -0.2) is 4.68 Å². The number of aryl methyl sites for hydroxylation is 2. The molecule has 9 nitrogen and oxygen atoms in total. The third-order valence-electron chi connectivity index (χ3n) is 8.78. The van der Waals surface area contributed by atoms with Crippen molar-refractivity contribution in [2.45, 2.75) is 84.5 Å². The predicted octanol–water partition coefficient (Wildman–Crippen LogP) is 6.21. The Labute approximate surface area is 266 Å². The lowest BCUT2D eigenvalue weighted by Gasteiger charge is -2.27. The molecular formula is C33H48N6O3SSi. The smallest absolute Gasteiger partial charge is 0.270 e. The molecule has 238 valence electrons. The first-order chi connectivity index (χ1) is 21.1. The molecule has 0 unspecified atom stereocenters. The van der Waals surface area contributed by atoms with Crippen LogP contribution >= 0.6 is 11.8 Å². The molecule has 0 radical (unpaired) electrons. The van der Waals surface area contributed by atoms with Gasteiger partial charge in [0.15, 0.2) is 0 Å². The second-order valence-electron chi connectivity index (χ2n) is 13.6. The van der Waals surface area contributed by atoms with Gasteiger partial charge in [-0.3, -0.25) is 14.3 Å². The molecule has 2 amide bonds. The number of hydrogen-bond donors (Lipinski definition) is 2. The van der Waals surface area contributed by atoms with Crippen LogP contribution in [0.2, 0.25) is 25.7 Å². The molecule has 2 aliphatic rings. The lowest BCUT2D eigenvalue weighted by atomic mass is 9.88. The zero-order valence-electron chi connectivity index (χ0n) is 27.1. The van der Waals surface area contributed by atoms with Crippen LogP contribution in [0, 0.1) is 31.6 Å². The van der Waals surface area contributed by atoms with E-state index in [1.807, 2.05) is 42.1 Å². The van der Waals surface area contributed by atoms with Crippen molar-refractivity contribution in [3.05, 3.63) is 53.6 Å². The van der Waals surface area contributed by atoms with Crippen LogP contribution in [-0.2, 0) is 22.8 Å². The van der Waals surface area contributed by atoms with Gasteiger partial charge in [-0.05, 0) is 93.3 Å². The van der Waals surface area contributed by atoms with Crippen LogP contribution in [0.15, 0.2) is 36.5 Å². The molecule has 2 aliphatic carbocycles. The van der Waals surface area contributed by atoms with Crippen LogP contribution < -0.4 is 10.6 Å². The maximum atomic E-state index is 13.9. The molecule has 3 aromatic rings. The Morgan fingerprint density at radius 1 is 1.05 bits per heavy atom. The van der Waals surface area contributed by atoms with Gasteiger partial charge in [0.1, 0.15) is 18.5 Å². The van der Waals surface area contributed by atoms with Crippen molar-refractivity contribution in [3.63, 3.8) is 0 Å². The average Bonchev–Trinajstić information content (AvgIpc) is 3.92. The summed E-state index contributed by atoms with van der Waals surface area (Å²) in [5.41, 5.74) is 5.35. The predicted molar refractivity (Wildman–Crippen MR) is 181 cm³/mol. The first kappa shape index (κ1) is 32.5. The molecule has 0 spiro atoms. The van der Waals surface area contributed by atoms with E-state index in [0.717, 1.165) is 66.6 Å². The third-order valence-corrected chi connectivity index (χ3v) is 11.1. The number of thioether (sulfide) groups is 1. The van der Waals surface area contributed by atoms with E-state index in [1.165, 1.54) is 0 Å². The molecule has 2 aromatic heterocycles. The summed E-state index contributed by atoms with van der Waals surface area (Å²) < 4.78 is 9.62. The second kappa shape index (κ2) is 14.0. The summed E-state index contributed by atoms with van der Waals surface area (Å²) in [4.78, 5) is 27.3. The second-order valence-corrected chi connectivity index (χ2v) is 20.2. The van der Waals surface area contributed by atoms with E-state index in [1.54, 1.807) is 28.7 Å². The number of anilines is 1. The van der Waals surface area contributed by atoms with E-state index in [0.29, 0.717) is 36.5 Å². The largest absolute Gasteiger partial charge is 0.360 e. The minimum Gasteiger partial charge on any atom is -0.360 e. The van der Waals surface area contributed by atoms with Crippen molar-refractivity contribution in [1.29, 1.82) is 0 Å². The highest BCUT2D eigenvalue weighted by molar-refractivity contribution is 7.98. The Bertz CT molecular complexity index is 1430. The van der Waals surface area contributed by atoms with Crippen molar-refractivity contribution >= 4 is 37.3 Å². The van der Waals surface area contributed by atoms with Crippen LogP contribution in [0.5, 0.6) is 0 Å². The fourth-order valence-corrected chi connectivity index (χ4v) is 7.15. The van der Waals surface area contributed by atoms with Crippen LogP contribution in [0.4, 0.5) is 5.69 Å². The van der Waals surface area contributed by atoms with Crippen molar-refractivity contribution in [1.82, 2.24) is 24.9 Å². The van der Waals surface area contributed by atoms with Crippen LogP contribution in [-0.4, -0.2) is 64.1 Å². The summed E-state index contributed by atoms with van der Waals surface area (Å²) in [6, 6.07) is 10.2. The van der Waals surface area contributed by atoms with Gasteiger partial charge >= 0.3 is 0 Å². The minimum absolute atomic E-state index is 0.152. The number of nitrogens with one attached hydrogen (secondary N) is 2. The normalized spacial score (nSPS) is 15.9. The van der Waals surface area contributed by atoms with Gasteiger partial charge in [0.05, 0.1) is 12.2 Å². The third kappa shape index (κ3) is 8.22. The molecule has 0 aliphatic heterocycles. The van der Waals surface area contributed by atoms with Crippen molar-refractivity contribution in [2.24, 2.45) is 17.8 Å². The van der Waals surface area contributed by atoms with E-state index in [4.69, 9.17) is 9.84 Å². The molecule has 2 N–H and O–H groups in total. The average molecular weight is 637 g/mol. The molecule has 44 heavy (non-hydrogen) atoms. The van der Waals surface area contributed by atoms with Gasteiger partial charge < -0.3 is 15.4 Å². The molecule has 5 rings (SSSR count). The van der Waals surface area contributed by atoms with Gasteiger partial charge in [-0.1, -0.05) is 31.8 Å². The Balaban J connectivity index is 1.28. The molecule has 0 bridgehead atoms. The van der Waals surface area contributed by atoms with E-state index in [2.05, 4.69) is 42.3 Å². The zero-order valence-corrected chi connectivity index (χ0v) is 28.9. The number of ether oxygens (including phenoxy) is 1. The lowest BCUT2D eigenvalue weighted by molar-refractivity contribution is -0.119. The highest BCUT2D eigenvalue weighted by atomic mass is 32.2. The van der Waals surface area contributed by atoms with Gasteiger partial charge in [-0.15, -0.1) is 0 Å². The fourth-order valence-electron chi connectivity index (χ4n) is 6.03. The van der Waals surface area contributed by atoms with Gasteiger partial charge in [0, 0.05) is 43.6 Å². The fraction of sp³-hybridized carbons (Fsp3) is 0.576. The maximum Gasteiger partial charge on any atom is 0.270 e. The minimum atomic E-state index is -1.14. The van der Waals surface area contributed by atoms with Crippen molar-refractivity contribution in [2.75, 3.05) is 23.9 Å². The monoisotopic (exact) mass is 636 g/mol. The Morgan fingerprint density at radius 3 is 2.34 bits per heavy atom. The summed E-state index contributed by atoms with van der Waals surface area (Å²) in [6.07, 6.45) is 8.18. The standard InChI is InChI=1S/C33H48N6O3SSi/c1-22-29(23(2)39(37-22)21-42-18-20-44(4,5)6)24-11-13-27(14-12-24)35-33(41)31(30(25-7-8-25)26-9-10-26)36-32(40)28-15-16-34-38(28)17-19-43-3/h11-16,25-26,30-31H,7-10,17-21H2,1-6H3,(H,35,41)(H,36,40)/t31-/m0/s1. The van der Waals surface area contributed by atoms with Crippen LogP contribution in [0.3, 0.4) is 0 Å². The number of aromatic nitrogens is 4. The summed E-state index contributed by atoms with van der Waals surface area (Å²) in [6.45, 7) is 13.0. The SMILES string of the molecule is CSCCn1nccc1C(=O)N[C@H](C(=O)Nc1ccc(-c2c(C)nn(COCC[Si](C)(C)C)c2C)cc1)C(C1CC1)C1CC1. The topological polar surface area (TPSA) is 103 Å². The summed E-state index contributed by atoms with van der Waals surface area (Å²) in [7, 11) is -1.14. The Hall–Kier alpha value is -2.89. The number of hydrogen-bond acceptors (Lipinski definition) is 6. The molecule has 11 heteroatoms. The van der Waals surface area contributed by atoms with E-state index in [9.17, 15) is 9.59 Å². The van der Waals surface area contributed by atoms with E-state index < -0.39 is 14.1 Å². The van der Waals surface area contributed by atoms with Crippen LogP contribution in [0.25, 0.3) is 11.1 Å². The quantitative estimate of drug-likeness (QED) is 0.143. The first-order valence-corrected chi connectivity index (χ1v) is 21.0. The molecule has 0 saturated heterocycles. The van der Waals surface area contributed by atoms with Crippen molar-refractivity contribution in [3.8, 4) is 11.1 Å². The Morgan fingerprint density at radius 2 is 1.73 bits per heavy atom. The van der Waals surface area contributed by atoms with E-state index >= 15 is 0 Å². The maximum absolute atomic E-state index is 13.9. The summed E-state index contributed by atoms with van der Waals surface area (Å²) >= 11 is 1.71. The highest BCUT2D eigenvalue weighted by Gasteiger charge is 2.48. The molecule has 2 heterocycles. The number of benzene rings is 1. The van der Waals surface area contributed by atoms with E-state index in [-0.39, 0.29) is 17.7 Å². The number of amides is 2. The zero-order chi connectivity index (χ0) is 31.4. The summed E-state index contributed by atoms with van der Waals surface area (Å²) in [5, 5.41) is 15.3. The molecule has 1 atom stereocenters.